The number of aromatic nitrogens is 2. The maximum Gasteiger partial charge on any atom is 0.337 e. The molecule has 0 atom stereocenters. The number of aromatic carboxylic acids is 1. The third kappa shape index (κ3) is 1.87. The SMILES string of the molecule is Cn1cc(-c2ccc(C(=O)O)cn2)c2ccccc21. The number of benzene rings is 1. The fourth-order valence-electron chi connectivity index (χ4n) is 2.23. The van der Waals surface area contributed by atoms with Gasteiger partial charge in [0.2, 0.25) is 0 Å². The molecule has 2 aromatic heterocycles. The average Bonchev–Trinajstić information content (AvgIpc) is 2.77. The molecule has 0 unspecified atom stereocenters. The summed E-state index contributed by atoms with van der Waals surface area (Å²) in [6.07, 6.45) is 3.40. The highest BCUT2D eigenvalue weighted by Crippen LogP contribution is 2.28. The minimum absolute atomic E-state index is 0.198. The summed E-state index contributed by atoms with van der Waals surface area (Å²) in [4.78, 5) is 15.1. The summed E-state index contributed by atoms with van der Waals surface area (Å²) in [5.41, 5.74) is 3.11. The summed E-state index contributed by atoms with van der Waals surface area (Å²) >= 11 is 0. The van der Waals surface area contributed by atoms with E-state index in [0.29, 0.717) is 0 Å². The molecule has 4 heteroatoms. The Hall–Kier alpha value is -2.62. The molecule has 94 valence electrons. The monoisotopic (exact) mass is 252 g/mol. The van der Waals surface area contributed by atoms with E-state index in [9.17, 15) is 4.79 Å². The predicted octanol–water partition coefficient (Wildman–Crippen LogP) is 2.94. The van der Waals surface area contributed by atoms with Crippen molar-refractivity contribution in [2.24, 2.45) is 7.05 Å². The number of carboxylic acids is 1. The number of rotatable bonds is 2. The van der Waals surface area contributed by atoms with Gasteiger partial charge in [-0.05, 0) is 18.2 Å². The highest BCUT2D eigenvalue weighted by Gasteiger charge is 2.10. The third-order valence-electron chi connectivity index (χ3n) is 3.18. The summed E-state index contributed by atoms with van der Waals surface area (Å²) in [6.45, 7) is 0. The minimum Gasteiger partial charge on any atom is -0.478 e. The highest BCUT2D eigenvalue weighted by molar-refractivity contribution is 5.95. The Morgan fingerprint density at radius 2 is 2.00 bits per heavy atom. The van der Waals surface area contributed by atoms with Crippen LogP contribution in [0.3, 0.4) is 0 Å². The first-order valence-electron chi connectivity index (χ1n) is 5.90. The van der Waals surface area contributed by atoms with Crippen LogP contribution in [0.25, 0.3) is 22.2 Å². The maximum absolute atomic E-state index is 10.8. The summed E-state index contributed by atoms with van der Waals surface area (Å²) in [6, 6.07) is 11.4. The molecular weight excluding hydrogens is 240 g/mol. The first-order chi connectivity index (χ1) is 9.16. The van der Waals surface area contributed by atoms with Gasteiger partial charge in [0.25, 0.3) is 0 Å². The van der Waals surface area contributed by atoms with Crippen molar-refractivity contribution in [3.05, 3.63) is 54.4 Å². The Bertz CT molecular complexity index is 757. The van der Waals surface area contributed by atoms with Crippen molar-refractivity contribution in [3.63, 3.8) is 0 Å². The summed E-state index contributed by atoms with van der Waals surface area (Å²) in [5.74, 6) is -0.961. The molecule has 0 saturated carbocycles. The quantitative estimate of drug-likeness (QED) is 0.763. The first kappa shape index (κ1) is 11.5. The molecule has 0 aliphatic heterocycles. The molecule has 1 aromatic carbocycles. The van der Waals surface area contributed by atoms with E-state index in [1.807, 2.05) is 42.1 Å². The van der Waals surface area contributed by atoms with Crippen molar-refractivity contribution < 1.29 is 9.90 Å². The van der Waals surface area contributed by atoms with Gasteiger partial charge in [-0.3, -0.25) is 4.98 Å². The molecule has 0 spiro atoms. The van der Waals surface area contributed by atoms with Crippen LogP contribution in [0.5, 0.6) is 0 Å². The largest absolute Gasteiger partial charge is 0.478 e. The zero-order valence-corrected chi connectivity index (χ0v) is 10.4. The Morgan fingerprint density at radius 3 is 2.68 bits per heavy atom. The van der Waals surface area contributed by atoms with Gasteiger partial charge in [0.05, 0.1) is 11.3 Å². The molecule has 0 aliphatic carbocycles. The van der Waals surface area contributed by atoms with Crippen molar-refractivity contribution >= 4 is 16.9 Å². The smallest absolute Gasteiger partial charge is 0.337 e. The number of nitrogens with zero attached hydrogens (tertiary/aromatic N) is 2. The van der Waals surface area contributed by atoms with Crippen LogP contribution in [0.15, 0.2) is 48.8 Å². The lowest BCUT2D eigenvalue weighted by molar-refractivity contribution is 0.0696. The van der Waals surface area contributed by atoms with Crippen molar-refractivity contribution in [2.45, 2.75) is 0 Å². The molecule has 3 rings (SSSR count). The van der Waals surface area contributed by atoms with Crippen molar-refractivity contribution in [1.29, 1.82) is 0 Å². The van der Waals surface area contributed by atoms with Gasteiger partial charge >= 0.3 is 5.97 Å². The number of carbonyl (C=O) groups is 1. The predicted molar refractivity (Wildman–Crippen MR) is 73.1 cm³/mol. The van der Waals surface area contributed by atoms with E-state index >= 15 is 0 Å². The Morgan fingerprint density at radius 1 is 1.21 bits per heavy atom. The van der Waals surface area contributed by atoms with E-state index in [2.05, 4.69) is 4.98 Å². The van der Waals surface area contributed by atoms with E-state index in [4.69, 9.17) is 5.11 Å². The van der Waals surface area contributed by atoms with E-state index in [1.54, 1.807) is 12.1 Å². The van der Waals surface area contributed by atoms with Crippen LogP contribution < -0.4 is 0 Å². The van der Waals surface area contributed by atoms with E-state index in [-0.39, 0.29) is 5.56 Å². The second-order valence-electron chi connectivity index (χ2n) is 4.41. The van der Waals surface area contributed by atoms with Crippen LogP contribution in [0.1, 0.15) is 10.4 Å². The van der Waals surface area contributed by atoms with Crippen molar-refractivity contribution in [1.82, 2.24) is 9.55 Å². The van der Waals surface area contributed by atoms with Crippen LogP contribution in [0.4, 0.5) is 0 Å². The number of pyridine rings is 1. The lowest BCUT2D eigenvalue weighted by Crippen LogP contribution is -1.96. The molecule has 0 aliphatic rings. The Labute approximate surface area is 109 Å². The van der Waals surface area contributed by atoms with Crippen LogP contribution in [0.2, 0.25) is 0 Å². The van der Waals surface area contributed by atoms with Gasteiger partial charge in [-0.25, -0.2) is 4.79 Å². The number of aryl methyl sites for hydroxylation is 1. The topological polar surface area (TPSA) is 55.1 Å². The van der Waals surface area contributed by atoms with Crippen LogP contribution >= 0.6 is 0 Å². The van der Waals surface area contributed by atoms with Crippen molar-refractivity contribution in [2.75, 3.05) is 0 Å². The van der Waals surface area contributed by atoms with Gasteiger partial charge in [0.1, 0.15) is 0 Å². The molecule has 0 saturated heterocycles. The molecule has 3 aromatic rings. The molecule has 4 nitrogen and oxygen atoms in total. The fourth-order valence-corrected chi connectivity index (χ4v) is 2.23. The zero-order valence-electron chi connectivity index (χ0n) is 10.4. The summed E-state index contributed by atoms with van der Waals surface area (Å²) in [5, 5.41) is 9.99. The maximum atomic E-state index is 10.8. The van der Waals surface area contributed by atoms with Crippen LogP contribution in [-0.4, -0.2) is 20.6 Å². The normalized spacial score (nSPS) is 10.8. The van der Waals surface area contributed by atoms with Gasteiger partial charge in [-0.15, -0.1) is 0 Å². The van der Waals surface area contributed by atoms with Gasteiger partial charge in [0.15, 0.2) is 0 Å². The summed E-state index contributed by atoms with van der Waals surface area (Å²) in [7, 11) is 1.98. The van der Waals surface area contributed by atoms with Gasteiger partial charge in [-0.2, -0.15) is 0 Å². The third-order valence-corrected chi connectivity index (χ3v) is 3.18. The fraction of sp³-hybridized carbons (Fsp3) is 0.0667. The minimum atomic E-state index is -0.961. The number of carboxylic acid groups (broad SMARTS) is 1. The van der Waals surface area contributed by atoms with Gasteiger partial charge < -0.3 is 9.67 Å². The second-order valence-corrected chi connectivity index (χ2v) is 4.41. The Balaban J connectivity index is 2.16. The molecule has 19 heavy (non-hydrogen) atoms. The van der Waals surface area contributed by atoms with E-state index in [1.165, 1.54) is 6.20 Å². The van der Waals surface area contributed by atoms with Gasteiger partial charge in [-0.1, -0.05) is 18.2 Å². The Kier molecular flexibility index (Phi) is 2.56. The number of fused-ring (bicyclic) bond motifs is 1. The van der Waals surface area contributed by atoms with Gasteiger partial charge in [0, 0.05) is 35.9 Å². The molecule has 0 amide bonds. The molecule has 2 heterocycles. The zero-order chi connectivity index (χ0) is 13.4. The highest BCUT2D eigenvalue weighted by atomic mass is 16.4. The molecule has 0 radical (unpaired) electrons. The number of hydrogen-bond acceptors (Lipinski definition) is 2. The number of para-hydroxylation sites is 1. The van der Waals surface area contributed by atoms with Crippen molar-refractivity contribution in [3.8, 4) is 11.3 Å². The lowest BCUT2D eigenvalue weighted by atomic mass is 10.1. The second kappa shape index (κ2) is 4.24. The lowest BCUT2D eigenvalue weighted by Gasteiger charge is -1.99. The standard InChI is InChI=1S/C15H12N2O2/c1-17-9-12(11-4-2-3-5-14(11)17)13-7-6-10(8-16-13)15(18)19/h2-9H,1H3,(H,18,19). The molecule has 1 N–H and O–H groups in total. The molecule has 0 bridgehead atoms. The molecular formula is C15H12N2O2. The summed E-state index contributed by atoms with van der Waals surface area (Å²) < 4.78 is 2.04. The van der Waals surface area contributed by atoms with Crippen LogP contribution in [0, 0.1) is 0 Å². The average molecular weight is 252 g/mol. The van der Waals surface area contributed by atoms with E-state index < -0.39 is 5.97 Å². The molecule has 0 fully saturated rings. The van der Waals surface area contributed by atoms with E-state index in [0.717, 1.165) is 22.2 Å². The van der Waals surface area contributed by atoms with Crippen LogP contribution in [-0.2, 0) is 7.05 Å². The number of hydrogen-bond donors (Lipinski definition) is 1. The first-order valence-corrected chi connectivity index (χ1v) is 5.90.